The molecule has 2 aromatic rings. The van der Waals surface area contributed by atoms with Gasteiger partial charge in [0.15, 0.2) is 0 Å². The first-order valence-electron chi connectivity index (χ1n) is 5.64. The predicted molar refractivity (Wildman–Crippen MR) is 73.2 cm³/mol. The average molecular weight is 298 g/mol. The standard InChI is InChI=1S/C12H14N2O3S2/c1-9(12-13-5-6-18-12)14-19(16,17)11-4-2-3-10(7-11)8-15/h2-7,9,14-15H,8H2,1H3. The Hall–Kier alpha value is -1.28. The molecule has 0 radical (unpaired) electrons. The smallest absolute Gasteiger partial charge is 0.241 e. The number of nitrogens with zero attached hydrogens (tertiary/aromatic N) is 1. The van der Waals surface area contributed by atoms with Crippen LogP contribution in [0.1, 0.15) is 23.5 Å². The van der Waals surface area contributed by atoms with Gasteiger partial charge in [0.1, 0.15) is 5.01 Å². The summed E-state index contributed by atoms with van der Waals surface area (Å²) in [5.41, 5.74) is 0.560. The van der Waals surface area contributed by atoms with Gasteiger partial charge in [0, 0.05) is 11.6 Å². The van der Waals surface area contributed by atoms with E-state index in [0.29, 0.717) is 10.6 Å². The lowest BCUT2D eigenvalue weighted by Gasteiger charge is -2.12. The van der Waals surface area contributed by atoms with Crippen molar-refractivity contribution in [3.8, 4) is 0 Å². The molecule has 0 bridgehead atoms. The molecule has 0 aliphatic rings. The summed E-state index contributed by atoms with van der Waals surface area (Å²) in [7, 11) is -3.61. The lowest BCUT2D eigenvalue weighted by Crippen LogP contribution is -2.26. The SMILES string of the molecule is CC(NS(=O)(=O)c1cccc(CO)c1)c1nccs1. The van der Waals surface area contributed by atoms with Gasteiger partial charge < -0.3 is 5.11 Å². The zero-order valence-electron chi connectivity index (χ0n) is 10.3. The molecule has 1 atom stereocenters. The molecule has 0 spiro atoms. The fourth-order valence-electron chi connectivity index (χ4n) is 1.61. The van der Waals surface area contributed by atoms with Crippen molar-refractivity contribution >= 4 is 21.4 Å². The maximum absolute atomic E-state index is 12.2. The molecule has 0 fully saturated rings. The Morgan fingerprint density at radius 2 is 2.26 bits per heavy atom. The van der Waals surface area contributed by atoms with Crippen LogP contribution >= 0.6 is 11.3 Å². The number of thiazole rings is 1. The number of nitrogens with one attached hydrogen (secondary N) is 1. The normalized spacial score (nSPS) is 13.4. The zero-order valence-corrected chi connectivity index (χ0v) is 11.9. The van der Waals surface area contributed by atoms with Crippen LogP contribution in [0.15, 0.2) is 40.7 Å². The van der Waals surface area contributed by atoms with Crippen molar-refractivity contribution < 1.29 is 13.5 Å². The summed E-state index contributed by atoms with van der Waals surface area (Å²) in [5.74, 6) is 0. The van der Waals surface area contributed by atoms with Crippen molar-refractivity contribution in [2.75, 3.05) is 0 Å². The molecule has 1 unspecified atom stereocenters. The largest absolute Gasteiger partial charge is 0.392 e. The minimum Gasteiger partial charge on any atom is -0.392 e. The summed E-state index contributed by atoms with van der Waals surface area (Å²) in [4.78, 5) is 4.22. The third-order valence-corrected chi connectivity index (χ3v) is 5.04. The molecule has 102 valence electrons. The van der Waals surface area contributed by atoms with Gasteiger partial charge in [-0.3, -0.25) is 0 Å². The Balaban J connectivity index is 2.22. The lowest BCUT2D eigenvalue weighted by atomic mass is 10.2. The van der Waals surface area contributed by atoms with Gasteiger partial charge in [-0.05, 0) is 24.6 Å². The molecule has 7 heteroatoms. The van der Waals surface area contributed by atoms with Gasteiger partial charge in [0.05, 0.1) is 17.5 Å². The Labute approximate surface area is 116 Å². The molecule has 1 aromatic heterocycles. The molecule has 2 N–H and O–H groups in total. The molecule has 1 heterocycles. The second-order valence-electron chi connectivity index (χ2n) is 4.02. The zero-order chi connectivity index (χ0) is 13.9. The topological polar surface area (TPSA) is 79.3 Å². The van der Waals surface area contributed by atoms with Crippen LogP contribution in [0, 0.1) is 0 Å². The highest BCUT2D eigenvalue weighted by molar-refractivity contribution is 7.89. The molecule has 0 aliphatic heterocycles. The van der Waals surface area contributed by atoms with Gasteiger partial charge in [-0.1, -0.05) is 12.1 Å². The van der Waals surface area contributed by atoms with Crippen LogP contribution in [-0.4, -0.2) is 18.5 Å². The van der Waals surface area contributed by atoms with Crippen LogP contribution in [0.4, 0.5) is 0 Å². The quantitative estimate of drug-likeness (QED) is 0.880. The molecule has 2 rings (SSSR count). The molecule has 19 heavy (non-hydrogen) atoms. The third kappa shape index (κ3) is 3.38. The highest BCUT2D eigenvalue weighted by Gasteiger charge is 2.19. The first-order chi connectivity index (χ1) is 9.03. The predicted octanol–water partition coefficient (Wildman–Crippen LogP) is 1.67. The van der Waals surface area contributed by atoms with Crippen LogP contribution < -0.4 is 4.72 Å². The van der Waals surface area contributed by atoms with Crippen molar-refractivity contribution in [1.29, 1.82) is 0 Å². The highest BCUT2D eigenvalue weighted by atomic mass is 32.2. The monoisotopic (exact) mass is 298 g/mol. The van der Waals surface area contributed by atoms with E-state index in [-0.39, 0.29) is 17.5 Å². The van der Waals surface area contributed by atoms with E-state index < -0.39 is 10.0 Å². The van der Waals surface area contributed by atoms with Crippen LogP contribution in [0.25, 0.3) is 0 Å². The van der Waals surface area contributed by atoms with Crippen LogP contribution in [0.3, 0.4) is 0 Å². The minimum atomic E-state index is -3.61. The van der Waals surface area contributed by atoms with Crippen LogP contribution in [0.5, 0.6) is 0 Å². The Bertz CT molecular complexity index is 639. The number of aromatic nitrogens is 1. The van der Waals surface area contributed by atoms with E-state index in [0.717, 1.165) is 0 Å². The van der Waals surface area contributed by atoms with Crippen LogP contribution in [-0.2, 0) is 16.6 Å². The maximum atomic E-state index is 12.2. The van der Waals surface area contributed by atoms with E-state index in [1.54, 1.807) is 30.6 Å². The second kappa shape index (κ2) is 5.79. The van der Waals surface area contributed by atoms with Crippen LogP contribution in [0.2, 0.25) is 0 Å². The number of hydrogen-bond donors (Lipinski definition) is 2. The Morgan fingerprint density at radius 3 is 2.89 bits per heavy atom. The van der Waals surface area contributed by atoms with Crippen molar-refractivity contribution in [2.45, 2.75) is 24.5 Å². The summed E-state index contributed by atoms with van der Waals surface area (Å²) in [6.45, 7) is 1.55. The molecule has 0 saturated heterocycles. The van der Waals surface area contributed by atoms with Gasteiger partial charge in [0.25, 0.3) is 0 Å². The first-order valence-corrected chi connectivity index (χ1v) is 8.01. The number of rotatable bonds is 5. The molecule has 5 nitrogen and oxygen atoms in total. The van der Waals surface area contributed by atoms with E-state index in [2.05, 4.69) is 9.71 Å². The Morgan fingerprint density at radius 1 is 1.47 bits per heavy atom. The molecule has 0 saturated carbocycles. The third-order valence-electron chi connectivity index (χ3n) is 2.55. The average Bonchev–Trinajstić information content (AvgIpc) is 2.92. The maximum Gasteiger partial charge on any atom is 0.241 e. The highest BCUT2D eigenvalue weighted by Crippen LogP contribution is 2.19. The number of benzene rings is 1. The fourth-order valence-corrected chi connectivity index (χ4v) is 3.61. The molecule has 1 aromatic carbocycles. The van der Waals surface area contributed by atoms with Crippen molar-refractivity contribution in [1.82, 2.24) is 9.71 Å². The second-order valence-corrected chi connectivity index (χ2v) is 6.66. The summed E-state index contributed by atoms with van der Waals surface area (Å²) >= 11 is 1.40. The van der Waals surface area contributed by atoms with E-state index in [1.807, 2.05) is 0 Å². The lowest BCUT2D eigenvalue weighted by molar-refractivity contribution is 0.281. The number of aliphatic hydroxyl groups excluding tert-OH is 1. The van der Waals surface area contributed by atoms with Crippen molar-refractivity contribution in [2.24, 2.45) is 0 Å². The summed E-state index contributed by atoms with van der Waals surface area (Å²) in [5, 5.41) is 11.5. The van der Waals surface area contributed by atoms with Gasteiger partial charge in [-0.2, -0.15) is 0 Å². The van der Waals surface area contributed by atoms with Crippen molar-refractivity contribution in [3.63, 3.8) is 0 Å². The van der Waals surface area contributed by atoms with E-state index in [4.69, 9.17) is 5.11 Å². The fraction of sp³-hybridized carbons (Fsp3) is 0.250. The van der Waals surface area contributed by atoms with E-state index >= 15 is 0 Å². The van der Waals surface area contributed by atoms with Gasteiger partial charge in [-0.25, -0.2) is 18.1 Å². The summed E-state index contributed by atoms with van der Waals surface area (Å²) < 4.78 is 26.9. The minimum absolute atomic E-state index is 0.141. The van der Waals surface area contributed by atoms with Gasteiger partial charge in [-0.15, -0.1) is 11.3 Å². The number of sulfonamides is 1. The molecule has 0 amide bonds. The number of hydrogen-bond acceptors (Lipinski definition) is 5. The van der Waals surface area contributed by atoms with E-state index in [1.165, 1.54) is 23.5 Å². The van der Waals surface area contributed by atoms with Gasteiger partial charge >= 0.3 is 0 Å². The van der Waals surface area contributed by atoms with Gasteiger partial charge in [0.2, 0.25) is 10.0 Å². The molecule has 0 aliphatic carbocycles. The number of aliphatic hydroxyl groups is 1. The summed E-state index contributed by atoms with van der Waals surface area (Å²) in [6, 6.07) is 5.84. The summed E-state index contributed by atoms with van der Waals surface area (Å²) in [6.07, 6.45) is 1.64. The van der Waals surface area contributed by atoms with Crippen molar-refractivity contribution in [3.05, 3.63) is 46.4 Å². The molecular weight excluding hydrogens is 284 g/mol. The van der Waals surface area contributed by atoms with E-state index in [9.17, 15) is 8.42 Å². The Kier molecular flexibility index (Phi) is 4.31. The first kappa shape index (κ1) is 14.1. The molecular formula is C12H14N2O3S2.